The number of hydrogen-bond donors (Lipinski definition) is 0. The molecular formula is C41H76O11S. The molecule has 0 bridgehead atoms. The Bertz CT molecular complexity index is 979. The molecule has 0 amide bonds. The van der Waals surface area contributed by atoms with Gasteiger partial charge in [0.1, 0.15) is 0 Å². The van der Waals surface area contributed by atoms with Crippen LogP contribution in [0, 0.1) is 6.92 Å². The van der Waals surface area contributed by atoms with Gasteiger partial charge in [0.05, 0.1) is 111 Å². The summed E-state index contributed by atoms with van der Waals surface area (Å²) in [6.07, 6.45) is 22.1. The number of ether oxygens (including phenoxy) is 8. The van der Waals surface area contributed by atoms with Gasteiger partial charge in [-0.3, -0.25) is 4.18 Å². The summed E-state index contributed by atoms with van der Waals surface area (Å²) in [6, 6.07) is 6.51. The van der Waals surface area contributed by atoms with Crippen molar-refractivity contribution < 1.29 is 50.5 Å². The zero-order valence-electron chi connectivity index (χ0n) is 33.5. The minimum absolute atomic E-state index is 0.0518. The lowest BCUT2D eigenvalue weighted by atomic mass is 10.0. The van der Waals surface area contributed by atoms with E-state index in [4.69, 9.17) is 42.1 Å². The quantitative estimate of drug-likeness (QED) is 0.0473. The van der Waals surface area contributed by atoms with Crippen LogP contribution in [-0.4, -0.2) is 121 Å². The van der Waals surface area contributed by atoms with Crippen molar-refractivity contribution in [3.63, 3.8) is 0 Å². The SMILES string of the molecule is CCCCCCCCCCCCCCCCCCOCCOCCOCCOCCOCCOCCOCCOCCOS(=O)(=O)c1ccc(C)cc1. The van der Waals surface area contributed by atoms with E-state index in [-0.39, 0.29) is 18.1 Å². The standard InChI is InChI=1S/C41H76O11S/c1-3-4-5-6-7-8-9-10-11-12-13-14-15-16-17-18-23-44-24-25-45-26-27-46-28-29-47-30-31-48-32-33-49-34-35-50-36-37-51-38-39-52-53(42,43)41-21-19-40(2)20-22-41/h19-22H,3-18,23-39H2,1-2H3. The molecule has 0 saturated heterocycles. The molecule has 0 atom stereocenters. The molecule has 0 heterocycles. The molecule has 0 aliphatic carbocycles. The van der Waals surface area contributed by atoms with Crippen LogP contribution in [0.4, 0.5) is 0 Å². The van der Waals surface area contributed by atoms with E-state index in [1.54, 1.807) is 12.1 Å². The molecule has 0 N–H and O–H groups in total. The van der Waals surface area contributed by atoms with Gasteiger partial charge in [0.25, 0.3) is 10.1 Å². The number of benzene rings is 1. The van der Waals surface area contributed by atoms with Gasteiger partial charge >= 0.3 is 0 Å². The van der Waals surface area contributed by atoms with Crippen LogP contribution in [0.1, 0.15) is 115 Å². The highest BCUT2D eigenvalue weighted by atomic mass is 32.2. The Kier molecular flexibility index (Phi) is 36.7. The Morgan fingerprint density at radius 2 is 0.623 bits per heavy atom. The van der Waals surface area contributed by atoms with Gasteiger partial charge in [-0.1, -0.05) is 121 Å². The molecule has 1 aromatic carbocycles. The fourth-order valence-electron chi connectivity index (χ4n) is 5.37. The van der Waals surface area contributed by atoms with Crippen LogP contribution in [0.5, 0.6) is 0 Å². The highest BCUT2D eigenvalue weighted by Gasteiger charge is 2.14. The van der Waals surface area contributed by atoms with E-state index in [0.29, 0.717) is 92.5 Å². The largest absolute Gasteiger partial charge is 0.379 e. The molecule has 0 aliphatic heterocycles. The zero-order valence-corrected chi connectivity index (χ0v) is 34.4. The van der Waals surface area contributed by atoms with Crippen molar-refractivity contribution in [2.24, 2.45) is 0 Å². The molecule has 0 aromatic heterocycles. The molecule has 0 radical (unpaired) electrons. The maximum atomic E-state index is 12.1. The summed E-state index contributed by atoms with van der Waals surface area (Å²) in [6.45, 7) is 12.0. The maximum Gasteiger partial charge on any atom is 0.297 e. The lowest BCUT2D eigenvalue weighted by Crippen LogP contribution is -2.15. The summed E-state index contributed by atoms with van der Waals surface area (Å²) >= 11 is 0. The van der Waals surface area contributed by atoms with Crippen molar-refractivity contribution in [3.05, 3.63) is 29.8 Å². The van der Waals surface area contributed by atoms with Crippen LogP contribution in [0.25, 0.3) is 0 Å². The van der Waals surface area contributed by atoms with E-state index < -0.39 is 10.1 Å². The molecule has 53 heavy (non-hydrogen) atoms. The van der Waals surface area contributed by atoms with E-state index in [1.165, 1.54) is 108 Å². The molecule has 0 unspecified atom stereocenters. The summed E-state index contributed by atoms with van der Waals surface area (Å²) in [7, 11) is -3.77. The molecule has 1 rings (SSSR count). The number of rotatable bonds is 43. The summed E-state index contributed by atoms with van der Waals surface area (Å²) < 4.78 is 73.2. The second kappa shape index (κ2) is 39.1. The topological polar surface area (TPSA) is 117 Å². The number of aryl methyl sites for hydroxylation is 1. The smallest absolute Gasteiger partial charge is 0.297 e. The Balaban J connectivity index is 1.65. The summed E-state index contributed by atoms with van der Waals surface area (Å²) in [5.41, 5.74) is 0.981. The Morgan fingerprint density at radius 1 is 0.358 bits per heavy atom. The Hall–Kier alpha value is -1.19. The fraction of sp³-hybridized carbons (Fsp3) is 0.854. The fourth-order valence-corrected chi connectivity index (χ4v) is 6.26. The van der Waals surface area contributed by atoms with Crippen LogP contribution < -0.4 is 0 Å². The molecule has 0 fully saturated rings. The van der Waals surface area contributed by atoms with Gasteiger partial charge in [0.2, 0.25) is 0 Å². The van der Waals surface area contributed by atoms with Gasteiger partial charge in [-0.25, -0.2) is 0 Å². The van der Waals surface area contributed by atoms with Crippen molar-refractivity contribution in [1.29, 1.82) is 0 Å². The molecule has 312 valence electrons. The normalized spacial score (nSPS) is 11.9. The maximum absolute atomic E-state index is 12.1. The minimum Gasteiger partial charge on any atom is -0.379 e. The van der Waals surface area contributed by atoms with E-state index in [2.05, 4.69) is 6.92 Å². The predicted octanol–water partition coefficient (Wildman–Crippen LogP) is 8.09. The monoisotopic (exact) mass is 777 g/mol. The third-order valence-electron chi connectivity index (χ3n) is 8.52. The minimum atomic E-state index is -3.77. The Morgan fingerprint density at radius 3 is 0.943 bits per heavy atom. The summed E-state index contributed by atoms with van der Waals surface area (Å²) in [5, 5.41) is 0. The first-order valence-electron chi connectivity index (χ1n) is 20.6. The van der Waals surface area contributed by atoms with Gasteiger partial charge in [0.15, 0.2) is 0 Å². The molecule has 11 nitrogen and oxygen atoms in total. The predicted molar refractivity (Wildman–Crippen MR) is 210 cm³/mol. The first kappa shape index (κ1) is 49.8. The Labute approximate surface area is 323 Å². The van der Waals surface area contributed by atoms with E-state index in [9.17, 15) is 8.42 Å². The number of unbranched alkanes of at least 4 members (excludes halogenated alkanes) is 15. The molecule has 0 saturated carbocycles. The van der Waals surface area contributed by atoms with Crippen molar-refractivity contribution in [2.75, 3.05) is 112 Å². The van der Waals surface area contributed by atoms with Crippen molar-refractivity contribution in [1.82, 2.24) is 0 Å². The molecule has 0 spiro atoms. The van der Waals surface area contributed by atoms with Crippen molar-refractivity contribution in [2.45, 2.75) is 121 Å². The van der Waals surface area contributed by atoms with Crippen molar-refractivity contribution >= 4 is 10.1 Å². The van der Waals surface area contributed by atoms with Gasteiger partial charge in [0, 0.05) is 6.61 Å². The van der Waals surface area contributed by atoms with E-state index in [0.717, 1.165) is 18.6 Å². The lowest BCUT2D eigenvalue weighted by molar-refractivity contribution is -0.0236. The average Bonchev–Trinajstić information content (AvgIpc) is 3.15. The van der Waals surface area contributed by atoms with Crippen LogP contribution in [0.2, 0.25) is 0 Å². The van der Waals surface area contributed by atoms with Crippen LogP contribution in [0.15, 0.2) is 29.2 Å². The van der Waals surface area contributed by atoms with E-state index >= 15 is 0 Å². The molecule has 12 heteroatoms. The molecule has 1 aromatic rings. The first-order chi connectivity index (χ1) is 26.1. The van der Waals surface area contributed by atoms with Gasteiger partial charge in [-0.2, -0.15) is 8.42 Å². The van der Waals surface area contributed by atoms with Gasteiger partial charge in [-0.15, -0.1) is 0 Å². The van der Waals surface area contributed by atoms with Crippen LogP contribution in [0.3, 0.4) is 0 Å². The van der Waals surface area contributed by atoms with E-state index in [1.807, 2.05) is 6.92 Å². The van der Waals surface area contributed by atoms with Crippen molar-refractivity contribution in [3.8, 4) is 0 Å². The van der Waals surface area contributed by atoms with Gasteiger partial charge < -0.3 is 37.9 Å². The highest BCUT2D eigenvalue weighted by Crippen LogP contribution is 2.14. The summed E-state index contributed by atoms with van der Waals surface area (Å²) in [4.78, 5) is 0.135. The van der Waals surface area contributed by atoms with Crippen LogP contribution >= 0.6 is 0 Å². The first-order valence-corrected chi connectivity index (χ1v) is 22.0. The van der Waals surface area contributed by atoms with Gasteiger partial charge in [-0.05, 0) is 25.5 Å². The molecular weight excluding hydrogens is 701 g/mol. The lowest BCUT2D eigenvalue weighted by Gasteiger charge is -2.09. The third-order valence-corrected chi connectivity index (χ3v) is 9.85. The molecule has 0 aliphatic rings. The zero-order chi connectivity index (χ0) is 38.2. The summed E-state index contributed by atoms with van der Waals surface area (Å²) in [5.74, 6) is 0. The second-order valence-corrected chi connectivity index (χ2v) is 14.9. The number of hydrogen-bond acceptors (Lipinski definition) is 11. The average molecular weight is 777 g/mol. The third kappa shape index (κ3) is 35.0. The van der Waals surface area contributed by atoms with Crippen LogP contribution in [-0.2, 0) is 52.2 Å². The second-order valence-electron chi connectivity index (χ2n) is 13.3. The highest BCUT2D eigenvalue weighted by molar-refractivity contribution is 7.86.